The highest BCUT2D eigenvalue weighted by Gasteiger charge is 2.50. The number of nitrogens with one attached hydrogen (secondary N) is 1. The number of rotatable bonds is 5. The van der Waals surface area contributed by atoms with Gasteiger partial charge >= 0.3 is 6.03 Å². The number of imide groups is 1. The summed E-state index contributed by atoms with van der Waals surface area (Å²) in [5.41, 5.74) is 4.68. The van der Waals surface area contributed by atoms with Gasteiger partial charge in [0.05, 0.1) is 13.2 Å². The molecule has 2 aliphatic rings. The summed E-state index contributed by atoms with van der Waals surface area (Å²) in [6, 6.07) is -0.287. The summed E-state index contributed by atoms with van der Waals surface area (Å²) < 4.78 is 5.35. The largest absolute Gasteiger partial charge is 0.379 e. The fourth-order valence-corrected chi connectivity index (χ4v) is 2.63. The number of urea groups is 1. The van der Waals surface area contributed by atoms with Gasteiger partial charge in [0, 0.05) is 33.2 Å². The molecule has 1 spiro atoms. The van der Waals surface area contributed by atoms with Gasteiger partial charge in [-0.05, 0) is 12.8 Å². The van der Waals surface area contributed by atoms with E-state index in [9.17, 15) is 9.59 Å². The first kappa shape index (κ1) is 14.2. The van der Waals surface area contributed by atoms with Gasteiger partial charge in [-0.1, -0.05) is 0 Å². The van der Waals surface area contributed by atoms with Crippen LogP contribution >= 0.6 is 0 Å². The van der Waals surface area contributed by atoms with E-state index in [1.54, 1.807) is 0 Å². The Balaban J connectivity index is 1.79. The molecule has 0 atom stereocenters. The van der Waals surface area contributed by atoms with Crippen LogP contribution in [0.4, 0.5) is 4.79 Å². The lowest BCUT2D eigenvalue weighted by Gasteiger charge is -2.37. The molecule has 7 heteroatoms. The van der Waals surface area contributed by atoms with E-state index in [-0.39, 0.29) is 11.9 Å². The third kappa shape index (κ3) is 2.88. The van der Waals surface area contributed by atoms with Gasteiger partial charge in [0.25, 0.3) is 5.91 Å². The second-order valence-corrected chi connectivity index (χ2v) is 5.12. The first-order valence-electron chi connectivity index (χ1n) is 6.69. The maximum absolute atomic E-state index is 12.1. The molecule has 0 unspecified atom stereocenters. The van der Waals surface area contributed by atoms with Crippen molar-refractivity contribution in [3.05, 3.63) is 0 Å². The van der Waals surface area contributed by atoms with Crippen LogP contribution in [0.15, 0.2) is 0 Å². The number of ether oxygens (including phenoxy) is 1. The van der Waals surface area contributed by atoms with Gasteiger partial charge in [-0.25, -0.2) is 4.79 Å². The third-order valence-electron chi connectivity index (χ3n) is 3.89. The lowest BCUT2D eigenvalue weighted by molar-refractivity contribution is -0.132. The Morgan fingerprint density at radius 2 is 2.00 bits per heavy atom. The number of nitrogens with zero attached hydrogens (tertiary/aromatic N) is 2. The number of hydrogen-bond acceptors (Lipinski definition) is 5. The van der Waals surface area contributed by atoms with E-state index >= 15 is 0 Å². The van der Waals surface area contributed by atoms with E-state index in [2.05, 4.69) is 10.2 Å². The zero-order chi connectivity index (χ0) is 13.9. The first-order valence-corrected chi connectivity index (χ1v) is 6.69. The molecule has 0 aromatic carbocycles. The highest BCUT2D eigenvalue weighted by molar-refractivity contribution is 6.06. The molecule has 108 valence electrons. The normalized spacial score (nSPS) is 23.2. The molecular formula is C12H22N4O3. The van der Waals surface area contributed by atoms with Gasteiger partial charge in [-0.3, -0.25) is 9.69 Å². The summed E-state index contributed by atoms with van der Waals surface area (Å²) in [7, 11) is 1.53. The molecule has 0 aromatic rings. The van der Waals surface area contributed by atoms with Crippen molar-refractivity contribution < 1.29 is 14.3 Å². The second-order valence-electron chi connectivity index (χ2n) is 5.12. The number of hydrogen-bond donors (Lipinski definition) is 2. The van der Waals surface area contributed by atoms with Crippen molar-refractivity contribution in [2.24, 2.45) is 5.73 Å². The maximum Gasteiger partial charge on any atom is 0.324 e. The number of amides is 3. The monoisotopic (exact) mass is 270 g/mol. The Bertz CT molecular complexity index is 353. The minimum atomic E-state index is -0.666. The van der Waals surface area contributed by atoms with E-state index < -0.39 is 5.54 Å². The van der Waals surface area contributed by atoms with Crippen molar-refractivity contribution in [3.8, 4) is 0 Å². The molecule has 2 aliphatic heterocycles. The maximum atomic E-state index is 12.1. The molecule has 2 rings (SSSR count). The van der Waals surface area contributed by atoms with E-state index in [1.807, 2.05) is 0 Å². The van der Waals surface area contributed by atoms with Gasteiger partial charge in [0.15, 0.2) is 0 Å². The zero-order valence-electron chi connectivity index (χ0n) is 11.4. The van der Waals surface area contributed by atoms with Crippen molar-refractivity contribution in [1.82, 2.24) is 15.1 Å². The fourth-order valence-electron chi connectivity index (χ4n) is 2.63. The summed E-state index contributed by atoms with van der Waals surface area (Å²) in [6.07, 6.45) is 1.33. The molecule has 0 aliphatic carbocycles. The summed E-state index contributed by atoms with van der Waals surface area (Å²) in [5.74, 6) is -0.100. The molecule has 0 radical (unpaired) electrons. The number of carbonyl (C=O) groups is 2. The molecule has 7 nitrogen and oxygen atoms in total. The summed E-state index contributed by atoms with van der Waals surface area (Å²) in [5, 5.41) is 2.83. The van der Waals surface area contributed by atoms with Gasteiger partial charge in [-0.15, -0.1) is 0 Å². The minimum Gasteiger partial charge on any atom is -0.379 e. The van der Waals surface area contributed by atoms with Crippen molar-refractivity contribution in [1.29, 1.82) is 0 Å². The van der Waals surface area contributed by atoms with Crippen LogP contribution in [0.1, 0.15) is 12.8 Å². The van der Waals surface area contributed by atoms with Gasteiger partial charge in [0.1, 0.15) is 5.54 Å². The van der Waals surface area contributed by atoms with Crippen LogP contribution in [0.3, 0.4) is 0 Å². The van der Waals surface area contributed by atoms with Gasteiger partial charge in [-0.2, -0.15) is 0 Å². The van der Waals surface area contributed by atoms with E-state index in [1.165, 1.54) is 11.9 Å². The van der Waals surface area contributed by atoms with Crippen molar-refractivity contribution in [3.63, 3.8) is 0 Å². The van der Waals surface area contributed by atoms with Crippen LogP contribution in [0, 0.1) is 0 Å². The van der Waals surface area contributed by atoms with Crippen LogP contribution in [0.5, 0.6) is 0 Å². The molecule has 2 heterocycles. The number of likely N-dealkylation sites (N-methyl/N-ethyl adjacent to an activating group) is 1. The quantitative estimate of drug-likeness (QED) is 0.493. The molecule has 2 saturated heterocycles. The van der Waals surface area contributed by atoms with Crippen LogP contribution in [-0.4, -0.2) is 73.7 Å². The standard InChI is InChI=1S/C12H22N4O3/c1-15-10(17)12(14-11(15)18)2-5-16(6-3-12)7-9-19-8-4-13/h2-9,13H2,1H3,(H,14,18). The second kappa shape index (κ2) is 5.85. The fraction of sp³-hybridized carbons (Fsp3) is 0.833. The van der Waals surface area contributed by atoms with Crippen LogP contribution in [0.25, 0.3) is 0 Å². The van der Waals surface area contributed by atoms with Crippen LogP contribution in [0.2, 0.25) is 0 Å². The van der Waals surface area contributed by atoms with Gasteiger partial charge in [0.2, 0.25) is 0 Å². The number of piperidine rings is 1. The predicted octanol–water partition coefficient (Wildman–Crippen LogP) is -1.02. The van der Waals surface area contributed by atoms with Crippen molar-refractivity contribution >= 4 is 11.9 Å². The summed E-state index contributed by atoms with van der Waals surface area (Å²) >= 11 is 0. The van der Waals surface area contributed by atoms with Crippen LogP contribution in [-0.2, 0) is 9.53 Å². The molecule has 2 fully saturated rings. The molecule has 3 amide bonds. The molecule has 3 N–H and O–H groups in total. The summed E-state index contributed by atoms with van der Waals surface area (Å²) in [6.45, 7) is 4.21. The SMILES string of the molecule is CN1C(=O)NC2(CCN(CCOCCN)CC2)C1=O. The Kier molecular flexibility index (Phi) is 4.38. The number of carbonyl (C=O) groups excluding carboxylic acids is 2. The van der Waals surface area contributed by atoms with Gasteiger partial charge < -0.3 is 20.7 Å². The Hall–Kier alpha value is -1.18. The molecule has 0 aromatic heterocycles. The zero-order valence-corrected chi connectivity index (χ0v) is 11.4. The lowest BCUT2D eigenvalue weighted by Crippen LogP contribution is -2.55. The predicted molar refractivity (Wildman–Crippen MR) is 69.6 cm³/mol. The molecule has 0 bridgehead atoms. The van der Waals surface area contributed by atoms with Crippen LogP contribution < -0.4 is 11.1 Å². The Morgan fingerprint density at radius 3 is 2.53 bits per heavy atom. The lowest BCUT2D eigenvalue weighted by atomic mass is 9.87. The highest BCUT2D eigenvalue weighted by atomic mass is 16.5. The van der Waals surface area contributed by atoms with Crippen molar-refractivity contribution in [2.75, 3.05) is 46.4 Å². The smallest absolute Gasteiger partial charge is 0.324 e. The molecular weight excluding hydrogens is 248 g/mol. The van der Waals surface area contributed by atoms with E-state index in [0.717, 1.165) is 19.6 Å². The first-order chi connectivity index (χ1) is 9.09. The Labute approximate surface area is 113 Å². The Morgan fingerprint density at radius 1 is 1.32 bits per heavy atom. The third-order valence-corrected chi connectivity index (χ3v) is 3.89. The number of nitrogens with two attached hydrogens (primary N) is 1. The number of likely N-dealkylation sites (tertiary alicyclic amines) is 1. The molecule has 0 saturated carbocycles. The topological polar surface area (TPSA) is 87.9 Å². The molecule has 19 heavy (non-hydrogen) atoms. The average Bonchev–Trinajstić information content (AvgIpc) is 2.62. The average molecular weight is 270 g/mol. The van der Waals surface area contributed by atoms with Crippen molar-refractivity contribution in [2.45, 2.75) is 18.4 Å². The van der Waals surface area contributed by atoms with E-state index in [4.69, 9.17) is 10.5 Å². The highest BCUT2D eigenvalue weighted by Crippen LogP contribution is 2.28. The van der Waals surface area contributed by atoms with E-state index in [0.29, 0.717) is 32.6 Å². The minimum absolute atomic E-state index is 0.100. The summed E-state index contributed by atoms with van der Waals surface area (Å²) in [4.78, 5) is 27.0.